The van der Waals surface area contributed by atoms with Crippen molar-refractivity contribution in [2.75, 3.05) is 13.1 Å². The number of rotatable bonds is 1. The number of benzene rings is 1. The second-order valence-electron chi connectivity index (χ2n) is 3.55. The third-order valence-electron chi connectivity index (χ3n) is 2.68. The summed E-state index contributed by atoms with van der Waals surface area (Å²) in [7, 11) is 0. The Hall–Kier alpha value is -1.04. The highest BCUT2D eigenvalue weighted by atomic mass is 35.5. The van der Waals surface area contributed by atoms with Crippen molar-refractivity contribution in [2.24, 2.45) is 5.92 Å². The minimum absolute atomic E-state index is 0.0937. The fraction of sp³-hybridized carbons (Fsp3) is 0.364. The first-order valence-electron chi connectivity index (χ1n) is 4.67. The Morgan fingerprint density at radius 3 is 2.64 bits per heavy atom. The summed E-state index contributed by atoms with van der Waals surface area (Å²) in [5, 5.41) is 12.9. The average Bonchev–Trinajstić information content (AvgIpc) is 2.67. The maximum Gasteiger partial charge on any atom is 0.0676 e. The first kappa shape index (κ1) is 9.51. The van der Waals surface area contributed by atoms with Crippen molar-refractivity contribution in [2.45, 2.75) is 5.92 Å². The van der Waals surface area contributed by atoms with Crippen LogP contribution in [0.25, 0.3) is 0 Å². The lowest BCUT2D eigenvalue weighted by Crippen LogP contribution is -2.08. The third-order valence-corrected chi connectivity index (χ3v) is 2.93. The molecule has 0 unspecified atom stereocenters. The van der Waals surface area contributed by atoms with Gasteiger partial charge in [-0.1, -0.05) is 23.7 Å². The molecule has 2 atom stereocenters. The monoisotopic (exact) mass is 206 g/mol. The first-order chi connectivity index (χ1) is 6.81. The van der Waals surface area contributed by atoms with Crippen LogP contribution in [0.15, 0.2) is 24.3 Å². The van der Waals surface area contributed by atoms with E-state index in [0.29, 0.717) is 5.92 Å². The van der Waals surface area contributed by atoms with E-state index < -0.39 is 0 Å². The Balaban J connectivity index is 2.23. The van der Waals surface area contributed by atoms with Gasteiger partial charge in [0.2, 0.25) is 0 Å². The van der Waals surface area contributed by atoms with Gasteiger partial charge in [0.1, 0.15) is 0 Å². The number of nitrogens with one attached hydrogen (secondary N) is 1. The lowest BCUT2D eigenvalue weighted by molar-refractivity contribution is 0.646. The predicted octanol–water partition coefficient (Wildman–Crippen LogP) is 2.17. The van der Waals surface area contributed by atoms with Gasteiger partial charge in [-0.3, -0.25) is 0 Å². The molecule has 0 aromatic heterocycles. The van der Waals surface area contributed by atoms with E-state index in [4.69, 9.17) is 16.9 Å². The molecule has 1 N–H and O–H groups in total. The Bertz CT molecular complexity index is 353. The molecule has 3 heteroatoms. The molecule has 1 fully saturated rings. The van der Waals surface area contributed by atoms with Gasteiger partial charge in [-0.05, 0) is 17.7 Å². The molecule has 1 saturated heterocycles. The fourth-order valence-electron chi connectivity index (χ4n) is 1.87. The largest absolute Gasteiger partial charge is 0.315 e. The molecular formula is C11H11ClN2. The van der Waals surface area contributed by atoms with Crippen molar-refractivity contribution in [3.05, 3.63) is 34.9 Å². The summed E-state index contributed by atoms with van der Waals surface area (Å²) in [6.07, 6.45) is 0. The van der Waals surface area contributed by atoms with Crippen molar-refractivity contribution in [1.82, 2.24) is 5.32 Å². The molecule has 0 radical (unpaired) electrons. The van der Waals surface area contributed by atoms with E-state index in [1.807, 2.05) is 24.3 Å². The van der Waals surface area contributed by atoms with Gasteiger partial charge in [-0.25, -0.2) is 0 Å². The number of hydrogen-bond acceptors (Lipinski definition) is 2. The van der Waals surface area contributed by atoms with E-state index in [-0.39, 0.29) is 5.92 Å². The Kier molecular flexibility index (Phi) is 2.72. The van der Waals surface area contributed by atoms with Gasteiger partial charge in [-0.15, -0.1) is 0 Å². The average molecular weight is 207 g/mol. The highest BCUT2D eigenvalue weighted by Crippen LogP contribution is 2.28. The third kappa shape index (κ3) is 1.75. The number of nitrogens with zero attached hydrogens (tertiary/aromatic N) is 1. The number of nitriles is 1. The van der Waals surface area contributed by atoms with Crippen molar-refractivity contribution in [1.29, 1.82) is 5.26 Å². The van der Waals surface area contributed by atoms with Gasteiger partial charge in [-0.2, -0.15) is 5.26 Å². The van der Waals surface area contributed by atoms with Crippen LogP contribution in [0.4, 0.5) is 0 Å². The molecule has 1 aromatic carbocycles. The second kappa shape index (κ2) is 4.00. The van der Waals surface area contributed by atoms with Crippen LogP contribution >= 0.6 is 11.6 Å². The lowest BCUT2D eigenvalue weighted by atomic mass is 9.90. The zero-order valence-electron chi connectivity index (χ0n) is 7.70. The van der Waals surface area contributed by atoms with Gasteiger partial charge in [0.15, 0.2) is 0 Å². The zero-order chi connectivity index (χ0) is 9.97. The van der Waals surface area contributed by atoms with Gasteiger partial charge >= 0.3 is 0 Å². The summed E-state index contributed by atoms with van der Waals surface area (Å²) < 4.78 is 0. The van der Waals surface area contributed by atoms with Crippen molar-refractivity contribution >= 4 is 11.6 Å². The smallest absolute Gasteiger partial charge is 0.0676 e. The maximum absolute atomic E-state index is 8.94. The lowest BCUT2D eigenvalue weighted by Gasteiger charge is -2.12. The molecule has 2 rings (SSSR count). The Labute approximate surface area is 88.5 Å². The SMILES string of the molecule is N#C[C@H]1CNC[C@H]1c1ccc(Cl)cc1. The number of hydrogen-bond donors (Lipinski definition) is 1. The molecule has 2 nitrogen and oxygen atoms in total. The molecule has 14 heavy (non-hydrogen) atoms. The number of halogens is 1. The van der Waals surface area contributed by atoms with Crippen LogP contribution in [-0.2, 0) is 0 Å². The van der Waals surface area contributed by atoms with Crippen LogP contribution in [-0.4, -0.2) is 13.1 Å². The minimum atomic E-state index is 0.0937. The van der Waals surface area contributed by atoms with Gasteiger partial charge in [0, 0.05) is 24.0 Å². The molecule has 1 heterocycles. The molecule has 1 aliphatic rings. The summed E-state index contributed by atoms with van der Waals surface area (Å²) in [4.78, 5) is 0. The molecule has 1 aliphatic heterocycles. The van der Waals surface area contributed by atoms with E-state index >= 15 is 0 Å². The van der Waals surface area contributed by atoms with E-state index in [1.54, 1.807) is 0 Å². The summed E-state index contributed by atoms with van der Waals surface area (Å²) in [5.74, 6) is 0.411. The van der Waals surface area contributed by atoms with E-state index in [0.717, 1.165) is 18.1 Å². The van der Waals surface area contributed by atoms with Crippen molar-refractivity contribution in [3.8, 4) is 6.07 Å². The predicted molar refractivity (Wildman–Crippen MR) is 56.2 cm³/mol. The molecule has 0 bridgehead atoms. The van der Waals surface area contributed by atoms with Gasteiger partial charge in [0.05, 0.1) is 12.0 Å². The highest BCUT2D eigenvalue weighted by Gasteiger charge is 2.27. The van der Waals surface area contributed by atoms with Crippen molar-refractivity contribution in [3.63, 3.8) is 0 Å². The first-order valence-corrected chi connectivity index (χ1v) is 5.05. The van der Waals surface area contributed by atoms with Crippen LogP contribution < -0.4 is 5.32 Å². The van der Waals surface area contributed by atoms with Crippen LogP contribution in [0.5, 0.6) is 0 Å². The quantitative estimate of drug-likeness (QED) is 0.765. The molecule has 1 aromatic rings. The summed E-state index contributed by atoms with van der Waals surface area (Å²) in [5.41, 5.74) is 1.20. The standard InChI is InChI=1S/C11H11ClN2/c12-10-3-1-8(2-4-10)11-7-14-6-9(11)5-13/h1-4,9,11,14H,6-7H2/t9-,11-/m0/s1. The fourth-order valence-corrected chi connectivity index (χ4v) is 2.00. The van der Waals surface area contributed by atoms with Crippen LogP contribution in [0.2, 0.25) is 5.02 Å². The molecule has 0 spiro atoms. The summed E-state index contributed by atoms with van der Waals surface area (Å²) in [6, 6.07) is 10.1. The molecular weight excluding hydrogens is 196 g/mol. The Morgan fingerprint density at radius 1 is 1.29 bits per heavy atom. The molecule has 0 amide bonds. The van der Waals surface area contributed by atoms with E-state index in [1.165, 1.54) is 5.56 Å². The zero-order valence-corrected chi connectivity index (χ0v) is 8.46. The Morgan fingerprint density at radius 2 is 2.00 bits per heavy atom. The minimum Gasteiger partial charge on any atom is -0.315 e. The van der Waals surface area contributed by atoms with Crippen LogP contribution in [0.1, 0.15) is 11.5 Å². The normalized spacial score (nSPS) is 26.0. The van der Waals surface area contributed by atoms with Crippen LogP contribution in [0, 0.1) is 17.2 Å². The van der Waals surface area contributed by atoms with E-state index in [2.05, 4.69) is 11.4 Å². The molecule has 0 aliphatic carbocycles. The van der Waals surface area contributed by atoms with Gasteiger partial charge in [0.25, 0.3) is 0 Å². The maximum atomic E-state index is 8.94. The van der Waals surface area contributed by atoms with Crippen molar-refractivity contribution < 1.29 is 0 Å². The molecule has 72 valence electrons. The molecule has 0 saturated carbocycles. The van der Waals surface area contributed by atoms with Crippen LogP contribution in [0.3, 0.4) is 0 Å². The van der Waals surface area contributed by atoms with Gasteiger partial charge < -0.3 is 5.32 Å². The van der Waals surface area contributed by atoms with E-state index in [9.17, 15) is 0 Å². The second-order valence-corrected chi connectivity index (χ2v) is 3.99. The topological polar surface area (TPSA) is 35.8 Å². The highest BCUT2D eigenvalue weighted by molar-refractivity contribution is 6.30. The summed E-state index contributed by atoms with van der Waals surface area (Å²) in [6.45, 7) is 1.68. The summed E-state index contributed by atoms with van der Waals surface area (Å²) >= 11 is 5.81.